The second-order valence-corrected chi connectivity index (χ2v) is 5.18. The van der Waals surface area contributed by atoms with Gasteiger partial charge in [-0.3, -0.25) is 14.4 Å². The molecule has 1 aromatic carbocycles. The lowest BCUT2D eigenvalue weighted by Gasteiger charge is -2.19. The Morgan fingerprint density at radius 3 is 2.18 bits per heavy atom. The van der Waals surface area contributed by atoms with Gasteiger partial charge in [0, 0.05) is 24.9 Å². The molecule has 0 aromatic heterocycles. The Kier molecular flexibility index (Phi) is 7.29. The van der Waals surface area contributed by atoms with Crippen LogP contribution >= 0.6 is 0 Å². The van der Waals surface area contributed by atoms with Gasteiger partial charge in [-0.25, -0.2) is 0 Å². The van der Waals surface area contributed by atoms with Crippen molar-refractivity contribution < 1.29 is 19.5 Å². The number of rotatable bonds is 9. The summed E-state index contributed by atoms with van der Waals surface area (Å²) in [5.41, 5.74) is 1.74. The van der Waals surface area contributed by atoms with E-state index in [1.165, 1.54) is 4.90 Å². The van der Waals surface area contributed by atoms with E-state index < -0.39 is 5.97 Å². The van der Waals surface area contributed by atoms with Crippen molar-refractivity contribution in [2.24, 2.45) is 0 Å². The van der Waals surface area contributed by atoms with Crippen LogP contribution in [0, 0.1) is 0 Å². The van der Waals surface area contributed by atoms with E-state index >= 15 is 0 Å². The van der Waals surface area contributed by atoms with Crippen LogP contribution in [0.2, 0.25) is 0 Å². The molecule has 0 radical (unpaired) electrons. The van der Waals surface area contributed by atoms with Crippen LogP contribution in [0.25, 0.3) is 0 Å². The number of benzene rings is 1. The van der Waals surface area contributed by atoms with Crippen LogP contribution in [0.1, 0.15) is 49.0 Å². The maximum Gasteiger partial charge on any atom is 0.323 e. The summed E-state index contributed by atoms with van der Waals surface area (Å²) in [5, 5.41) is 8.80. The average Bonchev–Trinajstić information content (AvgIpc) is 2.51. The van der Waals surface area contributed by atoms with Gasteiger partial charge in [0.1, 0.15) is 6.54 Å². The van der Waals surface area contributed by atoms with Crippen molar-refractivity contribution in [3.63, 3.8) is 0 Å². The minimum atomic E-state index is -1.04. The number of Topliss-reactive ketones (excluding diaryl/α,β-unsaturated/α-hetero) is 1. The first-order chi connectivity index (χ1) is 10.5. The molecule has 0 aliphatic rings. The van der Waals surface area contributed by atoms with E-state index in [9.17, 15) is 14.4 Å². The van der Waals surface area contributed by atoms with E-state index in [2.05, 4.69) is 0 Å². The SMILES string of the molecule is CCCN(CC(=O)O)C(=O)CCC(=O)c1ccc(CC)cc1. The minimum absolute atomic E-state index is 0.0433. The molecule has 5 nitrogen and oxygen atoms in total. The number of amides is 1. The summed E-state index contributed by atoms with van der Waals surface area (Å²) in [5.74, 6) is -1.42. The minimum Gasteiger partial charge on any atom is -0.480 e. The summed E-state index contributed by atoms with van der Waals surface area (Å²) in [7, 11) is 0. The highest BCUT2D eigenvalue weighted by molar-refractivity contribution is 5.98. The summed E-state index contributed by atoms with van der Waals surface area (Å²) >= 11 is 0. The highest BCUT2D eigenvalue weighted by Gasteiger charge is 2.17. The van der Waals surface area contributed by atoms with Crippen molar-refractivity contribution >= 4 is 17.7 Å². The van der Waals surface area contributed by atoms with E-state index in [0.29, 0.717) is 18.5 Å². The summed E-state index contributed by atoms with van der Waals surface area (Å²) in [4.78, 5) is 36.1. The van der Waals surface area contributed by atoms with Gasteiger partial charge in [-0.1, -0.05) is 38.1 Å². The molecule has 0 unspecified atom stereocenters. The Labute approximate surface area is 130 Å². The first kappa shape index (κ1) is 17.9. The van der Waals surface area contributed by atoms with Crippen LogP contribution in [-0.2, 0) is 16.0 Å². The quantitative estimate of drug-likeness (QED) is 0.711. The number of aryl methyl sites for hydroxylation is 1. The van der Waals surface area contributed by atoms with E-state index in [-0.39, 0.29) is 31.1 Å². The third-order valence-electron chi connectivity index (χ3n) is 3.42. The molecule has 1 rings (SSSR count). The van der Waals surface area contributed by atoms with Gasteiger partial charge in [-0.05, 0) is 18.4 Å². The molecule has 22 heavy (non-hydrogen) atoms. The lowest BCUT2D eigenvalue weighted by Crippen LogP contribution is -2.36. The summed E-state index contributed by atoms with van der Waals surface area (Å²) < 4.78 is 0. The van der Waals surface area contributed by atoms with Gasteiger partial charge in [-0.15, -0.1) is 0 Å². The molecule has 0 aliphatic heterocycles. The Bertz CT molecular complexity index is 522. The fourth-order valence-electron chi connectivity index (χ4n) is 2.17. The fraction of sp³-hybridized carbons (Fsp3) is 0.471. The molecular formula is C17H23NO4. The maximum atomic E-state index is 12.1. The molecular weight excluding hydrogens is 282 g/mol. The van der Waals surface area contributed by atoms with Gasteiger partial charge in [0.05, 0.1) is 0 Å². The fourth-order valence-corrected chi connectivity index (χ4v) is 2.17. The molecule has 0 atom stereocenters. The Morgan fingerprint density at radius 2 is 1.68 bits per heavy atom. The predicted octanol–water partition coefficient (Wildman–Crippen LogP) is 2.54. The first-order valence-electron chi connectivity index (χ1n) is 7.59. The Balaban J connectivity index is 2.56. The number of nitrogens with zero attached hydrogens (tertiary/aromatic N) is 1. The topological polar surface area (TPSA) is 74.7 Å². The molecule has 0 fully saturated rings. The van der Waals surface area contributed by atoms with Crippen molar-refractivity contribution in [1.29, 1.82) is 0 Å². The van der Waals surface area contributed by atoms with Gasteiger partial charge >= 0.3 is 5.97 Å². The second-order valence-electron chi connectivity index (χ2n) is 5.18. The van der Waals surface area contributed by atoms with Crippen molar-refractivity contribution in [2.45, 2.75) is 39.5 Å². The molecule has 1 aromatic rings. The van der Waals surface area contributed by atoms with E-state index in [0.717, 1.165) is 12.0 Å². The number of aliphatic carboxylic acids is 1. The van der Waals surface area contributed by atoms with Gasteiger partial charge < -0.3 is 10.0 Å². The average molecular weight is 305 g/mol. The predicted molar refractivity (Wildman–Crippen MR) is 83.9 cm³/mol. The van der Waals surface area contributed by atoms with E-state index in [1.54, 1.807) is 12.1 Å². The second kappa shape index (κ2) is 8.97. The molecule has 0 bridgehead atoms. The molecule has 1 amide bonds. The Morgan fingerprint density at radius 1 is 1.05 bits per heavy atom. The number of carbonyl (C=O) groups excluding carboxylic acids is 2. The van der Waals surface area contributed by atoms with Crippen LogP contribution < -0.4 is 0 Å². The zero-order valence-corrected chi connectivity index (χ0v) is 13.2. The molecule has 120 valence electrons. The Hall–Kier alpha value is -2.17. The standard InChI is InChI=1S/C17H23NO4/c1-3-11-18(12-17(21)22)16(20)10-9-15(19)14-7-5-13(4-2)6-8-14/h5-8H,3-4,9-12H2,1-2H3,(H,21,22). The van der Waals surface area contributed by atoms with Gasteiger partial charge in [0.2, 0.25) is 5.91 Å². The largest absolute Gasteiger partial charge is 0.480 e. The van der Waals surface area contributed by atoms with Crippen molar-refractivity contribution in [1.82, 2.24) is 4.90 Å². The van der Waals surface area contributed by atoms with Crippen molar-refractivity contribution in [3.05, 3.63) is 35.4 Å². The highest BCUT2D eigenvalue weighted by atomic mass is 16.4. The molecule has 0 saturated carbocycles. The number of carboxylic acid groups (broad SMARTS) is 1. The molecule has 1 N–H and O–H groups in total. The number of hydrogen-bond donors (Lipinski definition) is 1. The van der Waals surface area contributed by atoms with Crippen LogP contribution in [0.15, 0.2) is 24.3 Å². The van der Waals surface area contributed by atoms with Crippen LogP contribution in [0.4, 0.5) is 0 Å². The van der Waals surface area contributed by atoms with Gasteiger partial charge in [0.15, 0.2) is 5.78 Å². The lowest BCUT2D eigenvalue weighted by molar-refractivity contribution is -0.144. The van der Waals surface area contributed by atoms with Gasteiger partial charge in [0.25, 0.3) is 0 Å². The normalized spacial score (nSPS) is 10.3. The highest BCUT2D eigenvalue weighted by Crippen LogP contribution is 2.10. The molecule has 5 heteroatoms. The number of ketones is 1. The number of hydrogen-bond acceptors (Lipinski definition) is 3. The summed E-state index contributed by atoms with van der Waals surface area (Å²) in [6, 6.07) is 7.35. The first-order valence-corrected chi connectivity index (χ1v) is 7.59. The molecule has 0 heterocycles. The summed E-state index contributed by atoms with van der Waals surface area (Å²) in [6.07, 6.45) is 1.74. The van der Waals surface area contributed by atoms with Gasteiger partial charge in [-0.2, -0.15) is 0 Å². The van der Waals surface area contributed by atoms with Crippen molar-refractivity contribution in [3.8, 4) is 0 Å². The van der Waals surface area contributed by atoms with E-state index in [1.807, 2.05) is 26.0 Å². The van der Waals surface area contributed by atoms with Crippen molar-refractivity contribution in [2.75, 3.05) is 13.1 Å². The number of carboxylic acids is 1. The smallest absolute Gasteiger partial charge is 0.323 e. The number of carbonyl (C=O) groups is 3. The zero-order chi connectivity index (χ0) is 16.5. The third kappa shape index (κ3) is 5.68. The zero-order valence-electron chi connectivity index (χ0n) is 13.2. The molecule has 0 aliphatic carbocycles. The lowest BCUT2D eigenvalue weighted by atomic mass is 10.0. The maximum absolute atomic E-state index is 12.1. The van der Waals surface area contributed by atoms with Crippen LogP contribution in [-0.4, -0.2) is 40.8 Å². The van der Waals surface area contributed by atoms with E-state index in [4.69, 9.17) is 5.11 Å². The molecule has 0 saturated heterocycles. The van der Waals surface area contributed by atoms with Crippen LogP contribution in [0.5, 0.6) is 0 Å². The van der Waals surface area contributed by atoms with Crippen LogP contribution in [0.3, 0.4) is 0 Å². The summed E-state index contributed by atoms with van der Waals surface area (Å²) in [6.45, 7) is 4.00. The monoisotopic (exact) mass is 305 g/mol. The molecule has 0 spiro atoms. The third-order valence-corrected chi connectivity index (χ3v) is 3.42.